The lowest BCUT2D eigenvalue weighted by molar-refractivity contribution is -0.132. The minimum Gasteiger partial charge on any atom is -0.395 e. The van der Waals surface area contributed by atoms with Crippen molar-refractivity contribution in [2.75, 3.05) is 33.4 Å². The van der Waals surface area contributed by atoms with Crippen molar-refractivity contribution in [3.8, 4) is 0 Å². The predicted octanol–water partition coefficient (Wildman–Crippen LogP) is 2.20. The summed E-state index contributed by atoms with van der Waals surface area (Å²) in [6.45, 7) is 1.85. The Hall–Kier alpha value is -0.610. The molecule has 4 nitrogen and oxygen atoms in total. The molecule has 112 valence electrons. The Morgan fingerprint density at radius 3 is 2.63 bits per heavy atom. The van der Waals surface area contributed by atoms with Gasteiger partial charge in [-0.15, -0.1) is 0 Å². The molecule has 1 aliphatic rings. The average molecular weight is 271 g/mol. The van der Waals surface area contributed by atoms with Crippen molar-refractivity contribution < 1.29 is 14.6 Å². The highest BCUT2D eigenvalue weighted by molar-refractivity contribution is 5.76. The summed E-state index contributed by atoms with van der Waals surface area (Å²) in [4.78, 5) is 13.9. The molecule has 0 saturated heterocycles. The molecule has 1 N–H and O–H groups in total. The van der Waals surface area contributed by atoms with E-state index in [1.807, 2.05) is 0 Å². The number of rotatable bonds is 9. The summed E-state index contributed by atoms with van der Waals surface area (Å²) >= 11 is 0. The topological polar surface area (TPSA) is 49.8 Å². The third-order valence-electron chi connectivity index (χ3n) is 3.99. The Kier molecular flexibility index (Phi) is 8.84. The van der Waals surface area contributed by atoms with Gasteiger partial charge >= 0.3 is 0 Å². The summed E-state index contributed by atoms with van der Waals surface area (Å²) in [6.07, 6.45) is 9.08. The number of hydrogen-bond acceptors (Lipinski definition) is 3. The van der Waals surface area contributed by atoms with E-state index in [9.17, 15) is 4.79 Å². The van der Waals surface area contributed by atoms with Crippen molar-refractivity contribution in [2.45, 2.75) is 51.4 Å². The summed E-state index contributed by atoms with van der Waals surface area (Å²) in [6, 6.07) is 0. The number of hydrogen-bond donors (Lipinski definition) is 1. The molecule has 0 unspecified atom stereocenters. The second-order valence-corrected chi connectivity index (χ2v) is 5.49. The summed E-state index contributed by atoms with van der Waals surface area (Å²) < 4.78 is 5.00. The quantitative estimate of drug-likeness (QED) is 0.654. The fraction of sp³-hybridized carbons (Fsp3) is 0.933. The third kappa shape index (κ3) is 6.92. The van der Waals surface area contributed by atoms with Gasteiger partial charge in [-0.25, -0.2) is 0 Å². The largest absolute Gasteiger partial charge is 0.395 e. The van der Waals surface area contributed by atoms with Crippen LogP contribution < -0.4 is 0 Å². The number of amides is 1. The van der Waals surface area contributed by atoms with E-state index in [0.29, 0.717) is 26.1 Å². The molecule has 0 atom stereocenters. The zero-order valence-corrected chi connectivity index (χ0v) is 12.3. The summed E-state index contributed by atoms with van der Waals surface area (Å²) in [5.41, 5.74) is 0. The lowest BCUT2D eigenvalue weighted by Crippen LogP contribution is -2.35. The van der Waals surface area contributed by atoms with Crippen LogP contribution in [0.25, 0.3) is 0 Å². The third-order valence-corrected chi connectivity index (χ3v) is 3.99. The molecule has 0 aromatic rings. The van der Waals surface area contributed by atoms with Crippen molar-refractivity contribution in [3.63, 3.8) is 0 Å². The molecule has 0 aliphatic heterocycles. The first kappa shape index (κ1) is 16.4. The number of aliphatic hydroxyl groups excluding tert-OH is 1. The molecule has 19 heavy (non-hydrogen) atoms. The predicted molar refractivity (Wildman–Crippen MR) is 76.0 cm³/mol. The first-order chi connectivity index (χ1) is 9.27. The van der Waals surface area contributed by atoms with Gasteiger partial charge in [0.15, 0.2) is 0 Å². The van der Waals surface area contributed by atoms with E-state index in [0.717, 1.165) is 18.8 Å². The second kappa shape index (κ2) is 10.2. The van der Waals surface area contributed by atoms with Crippen LogP contribution in [0.1, 0.15) is 51.4 Å². The lowest BCUT2D eigenvalue weighted by atomic mass is 9.86. The van der Waals surface area contributed by atoms with Gasteiger partial charge in [-0.05, 0) is 18.8 Å². The Bertz CT molecular complexity index is 240. The van der Waals surface area contributed by atoms with E-state index in [1.54, 1.807) is 12.0 Å². The molecule has 0 bridgehead atoms. The molecule has 0 spiro atoms. The van der Waals surface area contributed by atoms with E-state index in [2.05, 4.69) is 0 Å². The van der Waals surface area contributed by atoms with E-state index >= 15 is 0 Å². The van der Waals surface area contributed by atoms with Crippen LogP contribution in [0.2, 0.25) is 0 Å². The average Bonchev–Trinajstić information content (AvgIpc) is 2.45. The molecule has 0 heterocycles. The Morgan fingerprint density at radius 1 is 1.26 bits per heavy atom. The van der Waals surface area contributed by atoms with Gasteiger partial charge in [0.25, 0.3) is 0 Å². The highest BCUT2D eigenvalue weighted by Crippen LogP contribution is 2.27. The standard InChI is InChI=1S/C15H29NO3/c1-19-13-5-10-16(11-12-17)15(18)9-8-14-6-3-2-4-7-14/h14,17H,2-13H2,1H3. The first-order valence-corrected chi connectivity index (χ1v) is 7.65. The zero-order valence-electron chi connectivity index (χ0n) is 12.3. The Balaban J connectivity index is 2.25. The van der Waals surface area contributed by atoms with Crippen LogP contribution in [0.5, 0.6) is 0 Å². The van der Waals surface area contributed by atoms with Crippen LogP contribution in [0.15, 0.2) is 0 Å². The van der Waals surface area contributed by atoms with E-state index < -0.39 is 0 Å². The maximum absolute atomic E-state index is 12.1. The summed E-state index contributed by atoms with van der Waals surface area (Å²) in [7, 11) is 1.67. The maximum atomic E-state index is 12.1. The molecule has 4 heteroatoms. The summed E-state index contributed by atoms with van der Waals surface area (Å²) in [5, 5.41) is 9.03. The molecule has 0 aromatic heterocycles. The normalized spacial score (nSPS) is 16.5. The number of aliphatic hydroxyl groups is 1. The zero-order chi connectivity index (χ0) is 13.9. The van der Waals surface area contributed by atoms with Crippen LogP contribution in [0, 0.1) is 5.92 Å². The van der Waals surface area contributed by atoms with Crippen LogP contribution in [0.4, 0.5) is 0 Å². The smallest absolute Gasteiger partial charge is 0.222 e. The van der Waals surface area contributed by atoms with Gasteiger partial charge in [-0.3, -0.25) is 4.79 Å². The minimum absolute atomic E-state index is 0.0438. The lowest BCUT2D eigenvalue weighted by Gasteiger charge is -2.25. The fourth-order valence-corrected chi connectivity index (χ4v) is 2.84. The van der Waals surface area contributed by atoms with Crippen LogP contribution in [-0.2, 0) is 9.53 Å². The first-order valence-electron chi connectivity index (χ1n) is 7.65. The molecule has 1 aliphatic carbocycles. The fourth-order valence-electron chi connectivity index (χ4n) is 2.84. The summed E-state index contributed by atoms with van der Waals surface area (Å²) in [5.74, 6) is 0.934. The van der Waals surface area contributed by atoms with Gasteiger partial charge in [-0.1, -0.05) is 32.1 Å². The Morgan fingerprint density at radius 2 is 2.00 bits per heavy atom. The van der Waals surface area contributed by atoms with Crippen molar-refractivity contribution in [2.24, 2.45) is 5.92 Å². The van der Waals surface area contributed by atoms with Gasteiger partial charge < -0.3 is 14.7 Å². The van der Waals surface area contributed by atoms with Crippen LogP contribution >= 0.6 is 0 Å². The van der Waals surface area contributed by atoms with Crippen LogP contribution in [-0.4, -0.2) is 49.3 Å². The monoisotopic (exact) mass is 271 g/mol. The molecule has 0 aromatic carbocycles. The van der Waals surface area contributed by atoms with Gasteiger partial charge in [0.05, 0.1) is 6.61 Å². The number of carbonyl (C=O) groups is 1. The van der Waals surface area contributed by atoms with E-state index in [4.69, 9.17) is 9.84 Å². The van der Waals surface area contributed by atoms with Crippen molar-refractivity contribution in [1.29, 1.82) is 0 Å². The molecule has 0 radical (unpaired) electrons. The van der Waals surface area contributed by atoms with E-state index in [1.165, 1.54) is 32.1 Å². The van der Waals surface area contributed by atoms with Gasteiger partial charge in [0.2, 0.25) is 5.91 Å². The molecular formula is C15H29NO3. The number of nitrogens with zero attached hydrogens (tertiary/aromatic N) is 1. The number of carbonyl (C=O) groups excluding carboxylic acids is 1. The van der Waals surface area contributed by atoms with Crippen molar-refractivity contribution in [1.82, 2.24) is 4.90 Å². The van der Waals surface area contributed by atoms with Gasteiger partial charge in [0, 0.05) is 33.2 Å². The van der Waals surface area contributed by atoms with Crippen molar-refractivity contribution >= 4 is 5.91 Å². The molecule has 1 amide bonds. The van der Waals surface area contributed by atoms with Crippen molar-refractivity contribution in [3.05, 3.63) is 0 Å². The van der Waals surface area contributed by atoms with Gasteiger partial charge in [-0.2, -0.15) is 0 Å². The Labute approximate surface area is 117 Å². The second-order valence-electron chi connectivity index (χ2n) is 5.49. The van der Waals surface area contributed by atoms with E-state index in [-0.39, 0.29) is 12.5 Å². The minimum atomic E-state index is 0.0438. The number of ether oxygens (including phenoxy) is 1. The highest BCUT2D eigenvalue weighted by Gasteiger charge is 2.17. The van der Waals surface area contributed by atoms with Gasteiger partial charge in [0.1, 0.15) is 0 Å². The molecule has 1 rings (SSSR count). The highest BCUT2D eigenvalue weighted by atomic mass is 16.5. The van der Waals surface area contributed by atoms with Crippen LogP contribution in [0.3, 0.4) is 0 Å². The molecule has 1 saturated carbocycles. The molecular weight excluding hydrogens is 242 g/mol. The maximum Gasteiger partial charge on any atom is 0.222 e. The SMILES string of the molecule is COCCCN(CCO)C(=O)CCC1CCCCC1. The number of methoxy groups -OCH3 is 1. The molecule has 1 fully saturated rings.